The summed E-state index contributed by atoms with van der Waals surface area (Å²) in [6, 6.07) is 16.5. The van der Waals surface area contributed by atoms with Gasteiger partial charge in [0.2, 0.25) is 0 Å². The third-order valence-electron chi connectivity index (χ3n) is 6.06. The van der Waals surface area contributed by atoms with Gasteiger partial charge in [0.15, 0.2) is 0 Å². The Hall–Kier alpha value is -4.26. The predicted octanol–water partition coefficient (Wildman–Crippen LogP) is 4.43. The summed E-state index contributed by atoms with van der Waals surface area (Å²) in [7, 11) is 0. The minimum Gasteiger partial charge on any atom is -0.507 e. The molecule has 2 heterocycles. The molecule has 1 aliphatic heterocycles. The number of carbonyl (C=O) groups is 3. The lowest BCUT2D eigenvalue weighted by atomic mass is 9.96. The van der Waals surface area contributed by atoms with Crippen molar-refractivity contribution in [2.45, 2.75) is 33.2 Å². The Labute approximate surface area is 203 Å². The summed E-state index contributed by atoms with van der Waals surface area (Å²) in [5, 5.41) is 11.2. The van der Waals surface area contributed by atoms with Crippen LogP contribution in [0.3, 0.4) is 0 Å². The fourth-order valence-corrected chi connectivity index (χ4v) is 4.11. The van der Waals surface area contributed by atoms with E-state index in [-0.39, 0.29) is 23.7 Å². The van der Waals surface area contributed by atoms with Gasteiger partial charge in [-0.3, -0.25) is 24.3 Å². The Kier molecular flexibility index (Phi) is 6.78. The number of aryl methyl sites for hydroxylation is 2. The fraction of sp³-hybridized carbons (Fsp3) is 0.214. The first kappa shape index (κ1) is 23.9. The van der Waals surface area contributed by atoms with E-state index in [4.69, 9.17) is 4.74 Å². The average molecular weight is 471 g/mol. The first-order valence-electron chi connectivity index (χ1n) is 11.4. The molecule has 1 fully saturated rings. The normalized spacial score (nSPS) is 17.0. The lowest BCUT2D eigenvalue weighted by Gasteiger charge is -2.24. The van der Waals surface area contributed by atoms with Crippen LogP contribution in [0.15, 0.2) is 72.4 Å². The Morgan fingerprint density at radius 2 is 1.77 bits per heavy atom. The first-order chi connectivity index (χ1) is 16.8. The van der Waals surface area contributed by atoms with Crippen LogP contribution in [0, 0.1) is 13.8 Å². The maximum absolute atomic E-state index is 13.2. The minimum atomic E-state index is -0.909. The zero-order chi connectivity index (χ0) is 25.1. The third-order valence-corrected chi connectivity index (χ3v) is 6.06. The van der Waals surface area contributed by atoms with Crippen LogP contribution in [0.5, 0.6) is 0 Å². The molecule has 4 rings (SSSR count). The number of hydrogen-bond acceptors (Lipinski definition) is 6. The van der Waals surface area contributed by atoms with E-state index in [2.05, 4.69) is 4.98 Å². The molecule has 178 valence electrons. The van der Waals surface area contributed by atoms with Crippen molar-refractivity contribution >= 4 is 29.1 Å². The minimum absolute atomic E-state index is 0.0208. The average Bonchev–Trinajstić information content (AvgIpc) is 3.12. The lowest BCUT2D eigenvalue weighted by molar-refractivity contribution is -0.142. The van der Waals surface area contributed by atoms with Crippen LogP contribution in [0.2, 0.25) is 0 Å². The summed E-state index contributed by atoms with van der Waals surface area (Å²) in [5.41, 5.74) is 4.06. The molecule has 1 atom stereocenters. The molecule has 1 unspecified atom stereocenters. The van der Waals surface area contributed by atoms with Crippen LogP contribution in [0.4, 0.5) is 5.69 Å². The van der Waals surface area contributed by atoms with E-state index in [9.17, 15) is 19.5 Å². The van der Waals surface area contributed by atoms with E-state index in [1.807, 2.05) is 19.9 Å². The van der Waals surface area contributed by atoms with Crippen LogP contribution >= 0.6 is 0 Å². The Morgan fingerprint density at radius 3 is 2.40 bits per heavy atom. The first-order valence-corrected chi connectivity index (χ1v) is 11.4. The second kappa shape index (κ2) is 9.93. The van der Waals surface area contributed by atoms with Crippen molar-refractivity contribution in [1.82, 2.24) is 4.98 Å². The van der Waals surface area contributed by atoms with Crippen LogP contribution in [-0.2, 0) is 25.5 Å². The molecule has 0 radical (unpaired) electrons. The topological polar surface area (TPSA) is 96.8 Å². The quantitative estimate of drug-likeness (QED) is 0.248. The Balaban J connectivity index is 1.80. The zero-order valence-electron chi connectivity index (χ0n) is 19.8. The molecule has 1 aromatic heterocycles. The number of Topliss-reactive ketones (excluding diaryl/α,β-unsaturated/α-hetero) is 1. The van der Waals surface area contributed by atoms with Gasteiger partial charge in [0.25, 0.3) is 11.7 Å². The van der Waals surface area contributed by atoms with Gasteiger partial charge >= 0.3 is 5.97 Å². The number of aromatic nitrogens is 1. The summed E-state index contributed by atoms with van der Waals surface area (Å²) in [6.07, 6.45) is 1.68. The number of pyridine rings is 1. The fourth-order valence-electron chi connectivity index (χ4n) is 4.11. The van der Waals surface area contributed by atoms with Crippen molar-refractivity contribution in [3.8, 4) is 0 Å². The number of esters is 1. The molecule has 7 nitrogen and oxygen atoms in total. The van der Waals surface area contributed by atoms with Crippen molar-refractivity contribution in [3.63, 3.8) is 0 Å². The van der Waals surface area contributed by atoms with Crippen molar-refractivity contribution in [2.24, 2.45) is 0 Å². The number of benzene rings is 2. The molecule has 1 saturated heterocycles. The van der Waals surface area contributed by atoms with Crippen molar-refractivity contribution < 1.29 is 24.2 Å². The van der Waals surface area contributed by atoms with Crippen LogP contribution in [0.1, 0.15) is 40.9 Å². The molecule has 7 heteroatoms. The number of rotatable bonds is 6. The highest BCUT2D eigenvalue weighted by Crippen LogP contribution is 2.41. The van der Waals surface area contributed by atoms with E-state index in [0.29, 0.717) is 29.1 Å². The summed E-state index contributed by atoms with van der Waals surface area (Å²) < 4.78 is 4.99. The molecule has 2 aromatic carbocycles. The van der Waals surface area contributed by atoms with E-state index < -0.39 is 17.7 Å². The second-order valence-electron chi connectivity index (χ2n) is 8.37. The maximum atomic E-state index is 13.2. The van der Waals surface area contributed by atoms with E-state index in [0.717, 1.165) is 11.1 Å². The van der Waals surface area contributed by atoms with Gasteiger partial charge in [-0.05, 0) is 67.8 Å². The molecule has 35 heavy (non-hydrogen) atoms. The monoisotopic (exact) mass is 470 g/mol. The van der Waals surface area contributed by atoms with Gasteiger partial charge in [-0.2, -0.15) is 0 Å². The number of nitrogens with zero attached hydrogens (tertiary/aromatic N) is 2. The molecular weight excluding hydrogens is 444 g/mol. The number of ether oxygens (including phenoxy) is 1. The number of carbonyl (C=O) groups excluding carboxylic acids is 3. The molecule has 0 saturated carbocycles. The SMILES string of the molecule is CCOC(=O)Cc1ccc(N2C(=O)C(=O)/C(=C(\O)c3ccc(C)c(C)c3)C2c2ccccn2)cc1. The van der Waals surface area contributed by atoms with Gasteiger partial charge in [-0.25, -0.2) is 0 Å². The number of ketones is 1. The molecule has 0 spiro atoms. The Morgan fingerprint density at radius 1 is 1.03 bits per heavy atom. The number of amides is 1. The number of aliphatic hydroxyl groups excluding tert-OH is 1. The van der Waals surface area contributed by atoms with Crippen LogP contribution in [-0.4, -0.2) is 34.4 Å². The highest BCUT2D eigenvalue weighted by Gasteiger charge is 2.47. The van der Waals surface area contributed by atoms with Crippen molar-refractivity contribution in [3.05, 3.63) is 100 Å². The summed E-state index contributed by atoms with van der Waals surface area (Å²) >= 11 is 0. The van der Waals surface area contributed by atoms with Gasteiger partial charge < -0.3 is 9.84 Å². The molecule has 0 bridgehead atoms. The largest absolute Gasteiger partial charge is 0.507 e. The van der Waals surface area contributed by atoms with Crippen molar-refractivity contribution in [2.75, 3.05) is 11.5 Å². The van der Waals surface area contributed by atoms with Gasteiger partial charge in [-0.1, -0.05) is 30.3 Å². The van der Waals surface area contributed by atoms with Crippen molar-refractivity contribution in [1.29, 1.82) is 0 Å². The molecule has 1 N–H and O–H groups in total. The highest BCUT2D eigenvalue weighted by atomic mass is 16.5. The zero-order valence-corrected chi connectivity index (χ0v) is 19.8. The van der Waals surface area contributed by atoms with E-state index in [1.165, 1.54) is 4.90 Å². The highest BCUT2D eigenvalue weighted by molar-refractivity contribution is 6.51. The van der Waals surface area contributed by atoms with Crippen LogP contribution in [0.25, 0.3) is 5.76 Å². The summed E-state index contributed by atoms with van der Waals surface area (Å²) in [6.45, 7) is 5.91. The third kappa shape index (κ3) is 4.71. The smallest absolute Gasteiger partial charge is 0.310 e. The molecule has 1 amide bonds. The van der Waals surface area contributed by atoms with E-state index >= 15 is 0 Å². The number of hydrogen-bond donors (Lipinski definition) is 1. The molecule has 0 aliphatic carbocycles. The number of aliphatic hydroxyl groups is 1. The second-order valence-corrected chi connectivity index (χ2v) is 8.37. The van der Waals surface area contributed by atoms with Gasteiger partial charge in [0.1, 0.15) is 11.8 Å². The van der Waals surface area contributed by atoms with Gasteiger partial charge in [0, 0.05) is 17.4 Å². The number of anilines is 1. The molecule has 3 aromatic rings. The molecular formula is C28H26N2O5. The van der Waals surface area contributed by atoms with Gasteiger partial charge in [0.05, 0.1) is 24.3 Å². The maximum Gasteiger partial charge on any atom is 0.310 e. The summed E-state index contributed by atoms with van der Waals surface area (Å²) in [4.78, 5) is 44.0. The lowest BCUT2D eigenvalue weighted by Crippen LogP contribution is -2.29. The van der Waals surface area contributed by atoms with Gasteiger partial charge in [-0.15, -0.1) is 0 Å². The summed E-state index contributed by atoms with van der Waals surface area (Å²) in [5.74, 6) is -2.14. The molecule has 1 aliphatic rings. The predicted molar refractivity (Wildman–Crippen MR) is 132 cm³/mol. The Bertz CT molecular complexity index is 1310. The van der Waals surface area contributed by atoms with E-state index in [1.54, 1.807) is 67.7 Å². The standard InChI is InChI=1S/C28H26N2O5/c1-4-35-23(31)16-19-9-12-21(13-10-19)30-25(22-7-5-6-14-29-22)24(27(33)28(30)34)26(32)20-11-8-17(2)18(3)15-20/h5-15,25,32H,4,16H2,1-3H3/b26-24-. The van der Waals surface area contributed by atoms with Crippen LogP contribution < -0.4 is 4.90 Å².